The van der Waals surface area contributed by atoms with E-state index >= 15 is 0 Å². The predicted octanol–water partition coefficient (Wildman–Crippen LogP) is 1.52. The Morgan fingerprint density at radius 3 is 2.56 bits per heavy atom. The number of benzene rings is 1. The summed E-state index contributed by atoms with van der Waals surface area (Å²) in [6.07, 6.45) is 1.47. The molecule has 32 heavy (non-hydrogen) atoms. The SMILES string of the molecule is CCOC(=O)Cn1nnnc1[C@H](c1ccc(F)cc1)N1CCN(C(=O)c2ccco2)CC1. The Morgan fingerprint density at radius 2 is 1.91 bits per heavy atom. The summed E-state index contributed by atoms with van der Waals surface area (Å²) < 4.78 is 25.2. The molecule has 3 heterocycles. The zero-order valence-corrected chi connectivity index (χ0v) is 17.6. The highest BCUT2D eigenvalue weighted by Gasteiger charge is 2.33. The second-order valence-corrected chi connectivity index (χ2v) is 7.26. The van der Waals surface area contributed by atoms with Gasteiger partial charge in [0.25, 0.3) is 5.91 Å². The van der Waals surface area contributed by atoms with Gasteiger partial charge in [0.1, 0.15) is 12.4 Å². The van der Waals surface area contributed by atoms with E-state index in [9.17, 15) is 14.0 Å². The normalized spacial score (nSPS) is 15.5. The molecule has 1 atom stereocenters. The number of tetrazole rings is 1. The van der Waals surface area contributed by atoms with E-state index in [1.165, 1.54) is 23.1 Å². The van der Waals surface area contributed by atoms with Gasteiger partial charge in [0, 0.05) is 26.2 Å². The second kappa shape index (κ2) is 9.69. The van der Waals surface area contributed by atoms with Crippen LogP contribution in [0, 0.1) is 5.82 Å². The molecule has 0 saturated carbocycles. The van der Waals surface area contributed by atoms with Crippen LogP contribution in [0.1, 0.15) is 34.9 Å². The molecule has 0 spiro atoms. The summed E-state index contributed by atoms with van der Waals surface area (Å²) in [7, 11) is 0. The average Bonchev–Trinajstić information content (AvgIpc) is 3.48. The minimum absolute atomic E-state index is 0.134. The predicted molar refractivity (Wildman–Crippen MR) is 109 cm³/mol. The van der Waals surface area contributed by atoms with Gasteiger partial charge in [0.15, 0.2) is 11.6 Å². The fourth-order valence-corrected chi connectivity index (χ4v) is 3.76. The van der Waals surface area contributed by atoms with E-state index in [0.29, 0.717) is 37.8 Å². The molecular weight excluding hydrogens is 419 g/mol. The maximum Gasteiger partial charge on any atom is 0.327 e. The molecule has 0 unspecified atom stereocenters. The van der Waals surface area contributed by atoms with Crippen LogP contribution in [-0.4, -0.2) is 74.7 Å². The number of hydrogen-bond donors (Lipinski definition) is 0. The molecule has 3 aromatic rings. The van der Waals surface area contributed by atoms with E-state index in [0.717, 1.165) is 5.56 Å². The maximum atomic E-state index is 13.6. The molecule has 1 aliphatic heterocycles. The minimum atomic E-state index is -0.451. The number of piperazine rings is 1. The van der Waals surface area contributed by atoms with Crippen LogP contribution in [0.15, 0.2) is 47.1 Å². The molecule has 0 N–H and O–H groups in total. The van der Waals surface area contributed by atoms with Crippen LogP contribution in [0.25, 0.3) is 0 Å². The van der Waals surface area contributed by atoms with Gasteiger partial charge in [-0.1, -0.05) is 12.1 Å². The van der Waals surface area contributed by atoms with Crippen molar-refractivity contribution in [2.45, 2.75) is 19.5 Å². The molecule has 1 saturated heterocycles. The number of carbonyl (C=O) groups excluding carboxylic acids is 2. The topological polar surface area (TPSA) is 107 Å². The summed E-state index contributed by atoms with van der Waals surface area (Å²) in [4.78, 5) is 28.4. The fourth-order valence-electron chi connectivity index (χ4n) is 3.76. The Balaban J connectivity index is 1.57. The molecular formula is C21H23FN6O4. The average molecular weight is 442 g/mol. The van der Waals surface area contributed by atoms with Crippen LogP contribution < -0.4 is 0 Å². The lowest BCUT2D eigenvalue weighted by Crippen LogP contribution is -2.50. The first-order valence-corrected chi connectivity index (χ1v) is 10.3. The lowest BCUT2D eigenvalue weighted by molar-refractivity contribution is -0.144. The summed E-state index contributed by atoms with van der Waals surface area (Å²) in [6.45, 7) is 3.84. The number of ether oxygens (including phenoxy) is 1. The van der Waals surface area contributed by atoms with Gasteiger partial charge in [-0.3, -0.25) is 14.5 Å². The molecule has 1 aliphatic rings. The smallest absolute Gasteiger partial charge is 0.327 e. The van der Waals surface area contributed by atoms with E-state index < -0.39 is 12.0 Å². The van der Waals surface area contributed by atoms with Crippen LogP contribution in [0.4, 0.5) is 4.39 Å². The summed E-state index contributed by atoms with van der Waals surface area (Å²) in [5.74, 6) is -0.234. The van der Waals surface area contributed by atoms with Crippen molar-refractivity contribution in [3.05, 3.63) is 65.6 Å². The molecule has 0 bridgehead atoms. The maximum absolute atomic E-state index is 13.6. The number of hydrogen-bond acceptors (Lipinski definition) is 8. The van der Waals surface area contributed by atoms with Crippen LogP contribution in [0.5, 0.6) is 0 Å². The molecule has 1 fully saturated rings. The van der Waals surface area contributed by atoms with Gasteiger partial charge >= 0.3 is 5.97 Å². The second-order valence-electron chi connectivity index (χ2n) is 7.26. The molecule has 2 aromatic heterocycles. The molecule has 11 heteroatoms. The van der Waals surface area contributed by atoms with Crippen molar-refractivity contribution in [2.75, 3.05) is 32.8 Å². The van der Waals surface area contributed by atoms with Gasteiger partial charge in [0.05, 0.1) is 18.9 Å². The number of furan rings is 1. The van der Waals surface area contributed by atoms with E-state index in [2.05, 4.69) is 20.4 Å². The third-order valence-electron chi connectivity index (χ3n) is 5.27. The molecule has 0 aliphatic carbocycles. The molecule has 1 amide bonds. The lowest BCUT2D eigenvalue weighted by atomic mass is 10.0. The van der Waals surface area contributed by atoms with E-state index in [-0.39, 0.29) is 24.9 Å². The van der Waals surface area contributed by atoms with Crippen molar-refractivity contribution < 1.29 is 23.1 Å². The first-order chi connectivity index (χ1) is 15.6. The number of halogens is 1. The molecule has 10 nitrogen and oxygen atoms in total. The van der Waals surface area contributed by atoms with Crippen LogP contribution in [0.2, 0.25) is 0 Å². The molecule has 4 rings (SSSR count). The van der Waals surface area contributed by atoms with Crippen molar-refractivity contribution in [3.8, 4) is 0 Å². The first kappa shape index (κ1) is 21.6. The number of amides is 1. The number of rotatable bonds is 7. The number of nitrogens with zero attached hydrogens (tertiary/aromatic N) is 6. The highest BCUT2D eigenvalue weighted by atomic mass is 19.1. The number of aromatic nitrogens is 4. The highest BCUT2D eigenvalue weighted by molar-refractivity contribution is 5.91. The third kappa shape index (κ3) is 4.67. The summed E-state index contributed by atoms with van der Waals surface area (Å²) in [5.41, 5.74) is 0.775. The minimum Gasteiger partial charge on any atom is -0.465 e. The first-order valence-electron chi connectivity index (χ1n) is 10.3. The zero-order valence-electron chi connectivity index (χ0n) is 17.6. The van der Waals surface area contributed by atoms with Crippen LogP contribution in [-0.2, 0) is 16.1 Å². The van der Waals surface area contributed by atoms with Crippen LogP contribution in [0.3, 0.4) is 0 Å². The summed E-state index contributed by atoms with van der Waals surface area (Å²) >= 11 is 0. The summed E-state index contributed by atoms with van der Waals surface area (Å²) in [5, 5.41) is 11.9. The Kier molecular flexibility index (Phi) is 6.55. The van der Waals surface area contributed by atoms with Crippen molar-refractivity contribution in [1.29, 1.82) is 0 Å². The molecule has 0 radical (unpaired) electrons. The van der Waals surface area contributed by atoms with Gasteiger partial charge in [-0.25, -0.2) is 9.07 Å². The Labute approximate surface area is 183 Å². The van der Waals surface area contributed by atoms with Gasteiger partial charge < -0.3 is 14.1 Å². The largest absolute Gasteiger partial charge is 0.465 e. The lowest BCUT2D eigenvalue weighted by Gasteiger charge is -2.38. The Morgan fingerprint density at radius 1 is 1.16 bits per heavy atom. The van der Waals surface area contributed by atoms with E-state index in [1.807, 2.05) is 0 Å². The van der Waals surface area contributed by atoms with Gasteiger partial charge in [0.2, 0.25) is 0 Å². The van der Waals surface area contributed by atoms with Crippen molar-refractivity contribution in [1.82, 2.24) is 30.0 Å². The highest BCUT2D eigenvalue weighted by Crippen LogP contribution is 2.28. The Hall–Kier alpha value is -3.60. The van der Waals surface area contributed by atoms with Gasteiger partial charge in [-0.15, -0.1) is 5.10 Å². The van der Waals surface area contributed by atoms with E-state index in [1.54, 1.807) is 36.1 Å². The molecule has 168 valence electrons. The quantitative estimate of drug-likeness (QED) is 0.507. The van der Waals surface area contributed by atoms with Crippen molar-refractivity contribution in [3.63, 3.8) is 0 Å². The van der Waals surface area contributed by atoms with Gasteiger partial charge in [-0.05, 0) is 47.2 Å². The monoisotopic (exact) mass is 442 g/mol. The standard InChI is InChI=1S/C21H23FN6O4/c1-2-31-18(29)14-28-20(23-24-25-28)19(15-5-7-16(22)8-6-15)26-9-11-27(12-10-26)21(30)17-4-3-13-32-17/h3-8,13,19H,2,9-12,14H2,1H3/t19-/m0/s1. The number of esters is 1. The summed E-state index contributed by atoms with van der Waals surface area (Å²) in [6, 6.07) is 8.97. The Bertz CT molecular complexity index is 1040. The van der Waals surface area contributed by atoms with Gasteiger partial charge in [-0.2, -0.15) is 0 Å². The fraction of sp³-hybridized carbons (Fsp3) is 0.381. The molecule has 1 aromatic carbocycles. The van der Waals surface area contributed by atoms with E-state index in [4.69, 9.17) is 9.15 Å². The van der Waals surface area contributed by atoms with Crippen LogP contribution >= 0.6 is 0 Å². The zero-order chi connectivity index (χ0) is 22.5. The van der Waals surface area contributed by atoms with Crippen molar-refractivity contribution in [2.24, 2.45) is 0 Å². The van der Waals surface area contributed by atoms with Crippen molar-refractivity contribution >= 4 is 11.9 Å². The number of carbonyl (C=O) groups is 2. The third-order valence-corrected chi connectivity index (χ3v) is 5.27.